The van der Waals surface area contributed by atoms with Crippen LogP contribution in [0.4, 0.5) is 0 Å². The smallest absolute Gasteiger partial charge is 0.330 e. The van der Waals surface area contributed by atoms with Crippen LogP contribution in [-0.2, 0) is 19.1 Å². The maximum Gasteiger partial charge on any atom is 0.330 e. The molecule has 1 N–H and O–H groups in total. The van der Waals surface area contributed by atoms with Gasteiger partial charge < -0.3 is 14.6 Å². The second-order valence-electron chi connectivity index (χ2n) is 2.26. The Morgan fingerprint density at radius 2 is 1.80 bits per heavy atom. The van der Waals surface area contributed by atoms with Gasteiger partial charge in [-0.2, -0.15) is 0 Å². The van der Waals surface area contributed by atoms with Crippen molar-refractivity contribution in [3.63, 3.8) is 0 Å². The van der Waals surface area contributed by atoms with Crippen LogP contribution < -0.4 is 0 Å². The molecule has 0 bridgehead atoms. The second kappa shape index (κ2) is 12.4. The lowest BCUT2D eigenvalue weighted by molar-refractivity contribution is -0.138. The van der Waals surface area contributed by atoms with Crippen molar-refractivity contribution in [2.75, 3.05) is 20.3 Å². The van der Waals surface area contributed by atoms with E-state index in [0.717, 1.165) is 18.6 Å². The zero-order chi connectivity index (χ0) is 12.1. The first kappa shape index (κ1) is 15.8. The lowest BCUT2D eigenvalue weighted by Crippen LogP contribution is -2.03. The number of carboxylic acids is 1. The molecule has 0 saturated carbocycles. The fourth-order valence-corrected chi connectivity index (χ4v) is 0.435. The van der Waals surface area contributed by atoms with E-state index in [9.17, 15) is 9.59 Å². The lowest BCUT2D eigenvalue weighted by atomic mass is 10.5. The summed E-state index contributed by atoms with van der Waals surface area (Å²) in [5.74, 6) is -1.36. The Hall–Kier alpha value is -1.62. The van der Waals surface area contributed by atoms with E-state index in [1.54, 1.807) is 7.11 Å². The number of rotatable bonds is 6. The lowest BCUT2D eigenvalue weighted by Gasteiger charge is -1.99. The van der Waals surface area contributed by atoms with Gasteiger partial charge in [0, 0.05) is 32.3 Å². The third-order valence-corrected chi connectivity index (χ3v) is 1.08. The fourth-order valence-electron chi connectivity index (χ4n) is 0.435. The summed E-state index contributed by atoms with van der Waals surface area (Å²) in [6.45, 7) is 7.23. The summed E-state index contributed by atoms with van der Waals surface area (Å²) in [7, 11) is 1.61. The monoisotopic (exact) mass is 216 g/mol. The standard InChI is InChI=1S/C7H12O3.C3H4O2/c1-3-7(8)10-6-4-5-9-2;1-2-3(4)5/h3H,1,4-6H2,2H3;2H,1H2,(H,4,5). The minimum Gasteiger partial charge on any atom is -0.478 e. The van der Waals surface area contributed by atoms with Gasteiger partial charge in [-0.15, -0.1) is 0 Å². The molecule has 0 amide bonds. The Bertz CT molecular complexity index is 210. The van der Waals surface area contributed by atoms with Crippen LogP contribution in [-0.4, -0.2) is 37.4 Å². The quantitative estimate of drug-likeness (QED) is 0.407. The van der Waals surface area contributed by atoms with Crippen LogP contribution in [0.5, 0.6) is 0 Å². The molecule has 0 radical (unpaired) electrons. The van der Waals surface area contributed by atoms with E-state index in [2.05, 4.69) is 17.9 Å². The topological polar surface area (TPSA) is 72.8 Å². The van der Waals surface area contributed by atoms with Crippen molar-refractivity contribution in [2.24, 2.45) is 0 Å². The van der Waals surface area contributed by atoms with Crippen LogP contribution in [0.1, 0.15) is 6.42 Å². The van der Waals surface area contributed by atoms with E-state index in [-0.39, 0.29) is 5.97 Å². The Morgan fingerprint density at radius 1 is 1.27 bits per heavy atom. The van der Waals surface area contributed by atoms with Crippen LogP contribution in [0.15, 0.2) is 25.3 Å². The molecule has 0 heterocycles. The van der Waals surface area contributed by atoms with Crippen molar-refractivity contribution in [3.05, 3.63) is 25.3 Å². The average Bonchev–Trinajstić information content (AvgIpc) is 2.24. The van der Waals surface area contributed by atoms with Crippen molar-refractivity contribution in [2.45, 2.75) is 6.42 Å². The highest BCUT2D eigenvalue weighted by molar-refractivity contribution is 5.81. The van der Waals surface area contributed by atoms with Gasteiger partial charge in [-0.05, 0) is 0 Å². The number of ether oxygens (including phenoxy) is 2. The molecular formula is C10H16O5. The average molecular weight is 216 g/mol. The van der Waals surface area contributed by atoms with Gasteiger partial charge in [0.25, 0.3) is 0 Å². The highest BCUT2D eigenvalue weighted by atomic mass is 16.5. The Balaban J connectivity index is 0. The predicted octanol–water partition coefficient (Wildman–Crippen LogP) is 1.01. The first-order valence-electron chi connectivity index (χ1n) is 4.22. The van der Waals surface area contributed by atoms with Crippen LogP contribution >= 0.6 is 0 Å². The largest absolute Gasteiger partial charge is 0.478 e. The van der Waals surface area contributed by atoms with E-state index >= 15 is 0 Å². The van der Waals surface area contributed by atoms with Crippen molar-refractivity contribution in [3.8, 4) is 0 Å². The number of carbonyl (C=O) groups excluding carboxylic acids is 1. The van der Waals surface area contributed by atoms with Crippen molar-refractivity contribution >= 4 is 11.9 Å². The van der Waals surface area contributed by atoms with Gasteiger partial charge in [0.15, 0.2) is 0 Å². The molecule has 86 valence electrons. The van der Waals surface area contributed by atoms with E-state index in [1.807, 2.05) is 0 Å². The summed E-state index contributed by atoms with van der Waals surface area (Å²) in [6, 6.07) is 0. The summed E-state index contributed by atoms with van der Waals surface area (Å²) >= 11 is 0. The summed E-state index contributed by atoms with van der Waals surface area (Å²) in [5.41, 5.74) is 0. The molecule has 0 aromatic heterocycles. The normalized spacial score (nSPS) is 8.07. The number of methoxy groups -OCH3 is 1. The van der Waals surface area contributed by atoms with Crippen LogP contribution in [0.2, 0.25) is 0 Å². The molecule has 0 saturated heterocycles. The molecule has 0 aromatic carbocycles. The van der Waals surface area contributed by atoms with E-state index in [4.69, 9.17) is 9.84 Å². The number of hydrogen-bond donors (Lipinski definition) is 1. The van der Waals surface area contributed by atoms with Crippen molar-refractivity contribution in [1.82, 2.24) is 0 Å². The van der Waals surface area contributed by atoms with Gasteiger partial charge in [-0.25, -0.2) is 9.59 Å². The summed E-state index contributed by atoms with van der Waals surface area (Å²) in [6.07, 6.45) is 2.71. The molecule has 0 aliphatic carbocycles. The third-order valence-electron chi connectivity index (χ3n) is 1.08. The van der Waals surface area contributed by atoms with Gasteiger partial charge in [-0.3, -0.25) is 0 Å². The molecule has 0 atom stereocenters. The molecule has 0 spiro atoms. The van der Waals surface area contributed by atoms with Crippen molar-refractivity contribution < 1.29 is 24.2 Å². The van der Waals surface area contributed by atoms with Gasteiger partial charge in [-0.1, -0.05) is 13.2 Å². The molecular weight excluding hydrogens is 200 g/mol. The van der Waals surface area contributed by atoms with Crippen LogP contribution in [0.25, 0.3) is 0 Å². The summed E-state index contributed by atoms with van der Waals surface area (Å²) < 4.78 is 9.40. The number of aliphatic carboxylic acids is 1. The highest BCUT2D eigenvalue weighted by Crippen LogP contribution is 1.84. The fraction of sp³-hybridized carbons (Fsp3) is 0.400. The summed E-state index contributed by atoms with van der Waals surface area (Å²) in [5, 5.41) is 7.60. The van der Waals surface area contributed by atoms with Gasteiger partial charge in [0.1, 0.15) is 0 Å². The van der Waals surface area contributed by atoms with E-state index in [0.29, 0.717) is 13.2 Å². The first-order valence-corrected chi connectivity index (χ1v) is 4.22. The minimum atomic E-state index is -0.981. The molecule has 5 heteroatoms. The number of carboxylic acid groups (broad SMARTS) is 1. The molecule has 0 unspecified atom stereocenters. The molecule has 0 aromatic rings. The molecule has 0 aliphatic heterocycles. The van der Waals surface area contributed by atoms with Crippen LogP contribution in [0, 0.1) is 0 Å². The van der Waals surface area contributed by atoms with Gasteiger partial charge >= 0.3 is 11.9 Å². The second-order valence-corrected chi connectivity index (χ2v) is 2.26. The molecule has 0 fully saturated rings. The number of hydrogen-bond acceptors (Lipinski definition) is 4. The third kappa shape index (κ3) is 19.0. The maximum absolute atomic E-state index is 10.4. The molecule has 0 rings (SSSR count). The van der Waals surface area contributed by atoms with Gasteiger partial charge in [0.05, 0.1) is 6.61 Å². The highest BCUT2D eigenvalue weighted by Gasteiger charge is 1.92. The SMILES string of the molecule is C=CC(=O)O.C=CC(=O)OCCCOC. The van der Waals surface area contributed by atoms with E-state index in [1.165, 1.54) is 0 Å². The zero-order valence-corrected chi connectivity index (χ0v) is 8.77. The minimum absolute atomic E-state index is 0.379. The van der Waals surface area contributed by atoms with Gasteiger partial charge in [0.2, 0.25) is 0 Å². The van der Waals surface area contributed by atoms with E-state index < -0.39 is 5.97 Å². The Morgan fingerprint density at radius 3 is 2.13 bits per heavy atom. The van der Waals surface area contributed by atoms with Crippen molar-refractivity contribution in [1.29, 1.82) is 0 Å². The van der Waals surface area contributed by atoms with Crippen LogP contribution in [0.3, 0.4) is 0 Å². The number of esters is 1. The predicted molar refractivity (Wildman–Crippen MR) is 55.5 cm³/mol. The first-order chi connectivity index (χ1) is 7.08. The zero-order valence-electron chi connectivity index (χ0n) is 8.77. The maximum atomic E-state index is 10.4. The molecule has 0 aliphatic rings. The Kier molecular flexibility index (Phi) is 13.1. The number of carbonyl (C=O) groups is 2. The summed E-state index contributed by atoms with van der Waals surface area (Å²) in [4.78, 5) is 19.6. The molecule has 15 heavy (non-hydrogen) atoms. The Labute approximate surface area is 89.0 Å². The molecule has 5 nitrogen and oxygen atoms in total.